The Morgan fingerprint density at radius 3 is 2.00 bits per heavy atom. The van der Waals surface area contributed by atoms with Crippen LogP contribution in [0.3, 0.4) is 0 Å². The van der Waals surface area contributed by atoms with Gasteiger partial charge in [0.05, 0.1) is 29.2 Å². The van der Waals surface area contributed by atoms with Crippen molar-refractivity contribution < 1.29 is 81.3 Å². The summed E-state index contributed by atoms with van der Waals surface area (Å²) in [5.41, 5.74) is 0.00254. The Bertz CT molecular complexity index is 678. The van der Waals surface area contributed by atoms with E-state index in [1.165, 1.54) is 47.6 Å². The van der Waals surface area contributed by atoms with Crippen LogP contribution in [0.5, 0.6) is 17.2 Å². The van der Waals surface area contributed by atoms with Gasteiger partial charge in [0.15, 0.2) is 11.5 Å². The second-order valence-corrected chi connectivity index (χ2v) is 4.89. The van der Waals surface area contributed by atoms with Crippen LogP contribution in [0.4, 0.5) is 0 Å². The van der Waals surface area contributed by atoms with E-state index in [1.54, 1.807) is 0 Å². The molecule has 0 saturated heterocycles. The Morgan fingerprint density at radius 1 is 1.12 bits per heavy atom. The summed E-state index contributed by atoms with van der Waals surface area (Å²) < 4.78 is 22.7. The number of likely N-dealkylation sites (N-methyl/N-ethyl adjacent to an activating group) is 2. The Hall–Kier alpha value is -1.20. The summed E-state index contributed by atoms with van der Waals surface area (Å²) >= 11 is 0. The molecule has 134 valence electrons. The fourth-order valence-corrected chi connectivity index (χ4v) is 1.88. The molecular formula is C16H20BKN2O6. The van der Waals surface area contributed by atoms with E-state index in [9.17, 15) is 14.4 Å². The standard InChI is InChI=1S/C16H20BN2O6.K/c1-18(8-13(20)19(2)9-17)16(22)14(21)10-6-11(23-3)15(25-5)12(7-10)24-4;/h6-8H,9H2,1-5H3;/q-1;+1/i9D;. The summed E-state index contributed by atoms with van der Waals surface area (Å²) in [6.45, 7) is 0.882. The molecule has 0 saturated carbocycles. The maximum atomic E-state index is 12.5. The molecule has 0 aliphatic rings. The van der Waals surface area contributed by atoms with Gasteiger partial charge in [-0.05, 0) is 25.6 Å². The summed E-state index contributed by atoms with van der Waals surface area (Å²) in [4.78, 5) is 38.3. The van der Waals surface area contributed by atoms with E-state index in [0.717, 1.165) is 16.3 Å². The van der Waals surface area contributed by atoms with Gasteiger partial charge < -0.3 is 28.8 Å². The fraction of sp³-hybridized carbons (Fsp3) is 0.375. The Labute approximate surface area is 198 Å². The van der Waals surface area contributed by atoms with E-state index < -0.39 is 24.0 Å². The number of hydrogen-bond donors (Lipinski definition) is 0. The van der Waals surface area contributed by atoms with Crippen LogP contribution in [-0.2, 0) is 9.59 Å². The van der Waals surface area contributed by atoms with Crippen molar-refractivity contribution in [1.82, 2.24) is 9.80 Å². The number of benzene rings is 1. The Morgan fingerprint density at radius 2 is 1.62 bits per heavy atom. The van der Waals surface area contributed by atoms with Gasteiger partial charge in [-0.25, -0.2) is 6.54 Å². The first-order valence-corrected chi connectivity index (χ1v) is 7.08. The number of rotatable bonds is 8. The van der Waals surface area contributed by atoms with Crippen molar-refractivity contribution in [1.29, 1.82) is 0 Å². The molecule has 2 radical (unpaired) electrons. The van der Waals surface area contributed by atoms with Gasteiger partial charge in [0, 0.05) is 14.0 Å². The average Bonchev–Trinajstić information content (AvgIpc) is 2.64. The van der Waals surface area contributed by atoms with Gasteiger partial charge in [-0.3, -0.25) is 9.59 Å². The molecule has 0 aromatic heterocycles. The molecule has 26 heavy (non-hydrogen) atoms. The maximum absolute atomic E-state index is 12.5. The summed E-state index contributed by atoms with van der Waals surface area (Å²) in [5, 5.41) is 0. The van der Waals surface area contributed by atoms with Gasteiger partial charge >= 0.3 is 51.4 Å². The number of hydrogen-bond acceptors (Lipinski definition) is 6. The Balaban J connectivity index is 0.00000676. The minimum Gasteiger partial charge on any atom is -0.493 e. The van der Waals surface area contributed by atoms with Crippen LogP contribution < -0.4 is 65.6 Å². The van der Waals surface area contributed by atoms with Gasteiger partial charge in [0.2, 0.25) is 11.5 Å². The molecule has 1 aromatic rings. The first-order chi connectivity index (χ1) is 12.2. The summed E-state index contributed by atoms with van der Waals surface area (Å²) in [6.07, 6.45) is -1.28. The van der Waals surface area contributed by atoms with Gasteiger partial charge in [-0.15, -0.1) is 0 Å². The van der Waals surface area contributed by atoms with Crippen LogP contribution in [0.1, 0.15) is 11.7 Å². The zero-order valence-electron chi connectivity index (χ0n) is 16.7. The number of methoxy groups -OCH3 is 3. The molecule has 1 atom stereocenters. The van der Waals surface area contributed by atoms with E-state index in [-0.39, 0.29) is 74.2 Å². The van der Waals surface area contributed by atoms with Crippen LogP contribution in [0.15, 0.2) is 12.1 Å². The third kappa shape index (κ3) is 5.92. The topological polar surface area (TPSA) is 85.4 Å². The van der Waals surface area contributed by atoms with Crippen LogP contribution in [-0.4, -0.2) is 77.1 Å². The van der Waals surface area contributed by atoms with Crippen molar-refractivity contribution in [2.24, 2.45) is 0 Å². The molecule has 0 spiro atoms. The summed E-state index contributed by atoms with van der Waals surface area (Å²) in [6, 6.07) is 2.67. The number of carbonyl (C=O) groups is 3. The molecule has 1 unspecified atom stereocenters. The van der Waals surface area contributed by atoms with Crippen LogP contribution in [0.2, 0.25) is 0 Å². The number of nitrogens with zero attached hydrogens (tertiary/aromatic N) is 2. The second kappa shape index (κ2) is 11.5. The molecule has 0 N–H and O–H groups in total. The molecule has 8 nitrogen and oxygen atoms in total. The first-order valence-electron chi connectivity index (χ1n) is 7.66. The van der Waals surface area contributed by atoms with Crippen molar-refractivity contribution in [2.75, 3.05) is 41.8 Å². The van der Waals surface area contributed by atoms with E-state index in [4.69, 9.17) is 23.4 Å². The molecule has 0 heterocycles. The van der Waals surface area contributed by atoms with Crippen LogP contribution >= 0.6 is 0 Å². The van der Waals surface area contributed by atoms with E-state index in [1.807, 2.05) is 0 Å². The molecule has 0 aliphatic heterocycles. The molecule has 1 rings (SSSR count). The normalized spacial score (nSPS) is 11.2. The third-order valence-corrected chi connectivity index (χ3v) is 3.32. The molecule has 10 heteroatoms. The molecule has 2 amide bonds. The van der Waals surface area contributed by atoms with Gasteiger partial charge in [0.25, 0.3) is 5.91 Å². The molecule has 1 aromatic carbocycles. The number of ether oxygens (including phenoxy) is 3. The second-order valence-electron chi connectivity index (χ2n) is 4.89. The Kier molecular flexibility index (Phi) is 10.1. The monoisotopic (exact) mass is 387 g/mol. The van der Waals surface area contributed by atoms with Gasteiger partial charge in [0.1, 0.15) is 5.91 Å². The maximum Gasteiger partial charge on any atom is 1.00 e. The number of Topliss-reactive ketones (excluding diaryl/α,β-unsaturated/α-hetero) is 1. The SMILES string of the molecule is [2H]C([B])N(C)C(=O)[CH-]N(C)C(=O)C(=O)c1cc(OC)c(OC)c(OC)c1.[K+]. The predicted molar refractivity (Wildman–Crippen MR) is 90.9 cm³/mol. The number of ketones is 1. The van der Waals surface area contributed by atoms with Crippen molar-refractivity contribution in [3.63, 3.8) is 0 Å². The average molecular weight is 387 g/mol. The van der Waals surface area contributed by atoms with Gasteiger partial charge in [-0.1, -0.05) is 0 Å². The number of amides is 2. The van der Waals surface area contributed by atoms with E-state index in [2.05, 4.69) is 0 Å². The van der Waals surface area contributed by atoms with Gasteiger partial charge in [-0.2, -0.15) is 0 Å². The minimum absolute atomic E-state index is 0. The molecule has 0 aliphatic carbocycles. The molecule has 0 bridgehead atoms. The predicted octanol–water partition coefficient (Wildman–Crippen LogP) is -2.90. The third-order valence-electron chi connectivity index (χ3n) is 3.32. The van der Waals surface area contributed by atoms with Crippen molar-refractivity contribution in [3.8, 4) is 17.2 Å². The first kappa shape index (κ1) is 22.8. The number of carbonyl (C=O) groups excluding carboxylic acids is 3. The summed E-state index contributed by atoms with van der Waals surface area (Å²) in [5.74, 6) is -1.83. The smallest absolute Gasteiger partial charge is 0.493 e. The van der Waals surface area contributed by atoms with Crippen molar-refractivity contribution in [2.45, 2.75) is 0 Å². The molecular weight excluding hydrogens is 366 g/mol. The minimum atomic E-state index is -1.28. The molecule has 0 fully saturated rings. The fourth-order valence-electron chi connectivity index (χ4n) is 1.88. The zero-order valence-corrected chi connectivity index (χ0v) is 18.9. The quantitative estimate of drug-likeness (QED) is 0.206. The zero-order chi connectivity index (χ0) is 20.0. The van der Waals surface area contributed by atoms with E-state index >= 15 is 0 Å². The van der Waals surface area contributed by atoms with Crippen LogP contribution in [0, 0.1) is 6.54 Å². The van der Waals surface area contributed by atoms with Crippen molar-refractivity contribution >= 4 is 25.4 Å². The van der Waals surface area contributed by atoms with Crippen molar-refractivity contribution in [3.05, 3.63) is 24.2 Å². The summed E-state index contributed by atoms with van der Waals surface area (Å²) in [7, 11) is 12.0. The van der Waals surface area contributed by atoms with E-state index in [0.29, 0.717) is 0 Å². The largest absolute Gasteiger partial charge is 1.00 e. The van der Waals surface area contributed by atoms with Crippen LogP contribution in [0.25, 0.3) is 0 Å².